The molecule has 5 heteroatoms. The number of hydrogen-bond donors (Lipinski definition) is 1. The number of nitrogens with zero attached hydrogens (tertiary/aromatic N) is 3. The summed E-state index contributed by atoms with van der Waals surface area (Å²) < 4.78 is 0. The molecule has 0 spiro atoms. The van der Waals surface area contributed by atoms with Gasteiger partial charge in [0.1, 0.15) is 6.04 Å². The zero-order chi connectivity index (χ0) is 8.85. The maximum atomic E-state index is 10.4. The van der Waals surface area contributed by atoms with E-state index in [1.807, 2.05) is 6.92 Å². The normalized spacial score (nSPS) is 14.7. The number of carbonyl (C=O) groups is 1. The summed E-state index contributed by atoms with van der Waals surface area (Å²) >= 11 is 0. The number of hydrogen-bond acceptors (Lipinski definition) is 2. The van der Waals surface area contributed by atoms with Crippen LogP contribution >= 0.6 is 0 Å². The minimum absolute atomic E-state index is 0.108. The van der Waals surface area contributed by atoms with Gasteiger partial charge in [0, 0.05) is 4.91 Å². The Kier molecular flexibility index (Phi) is 4.07. The molecule has 0 heterocycles. The summed E-state index contributed by atoms with van der Waals surface area (Å²) in [5, 5.41) is 11.7. The van der Waals surface area contributed by atoms with Crippen molar-refractivity contribution in [2.24, 2.45) is 11.0 Å². The van der Waals surface area contributed by atoms with Crippen LogP contribution in [0.2, 0.25) is 0 Å². The average molecular weight is 157 g/mol. The fraction of sp³-hybridized carbons (Fsp3) is 0.833. The van der Waals surface area contributed by atoms with Gasteiger partial charge in [0.15, 0.2) is 0 Å². The first-order valence-corrected chi connectivity index (χ1v) is 3.40. The summed E-state index contributed by atoms with van der Waals surface area (Å²) in [6.45, 7) is 3.60. The lowest BCUT2D eigenvalue weighted by Crippen LogP contribution is -2.24. The predicted octanol–water partition coefficient (Wildman–Crippen LogP) is 1.80. The molecule has 0 saturated carbocycles. The number of azide groups is 1. The van der Waals surface area contributed by atoms with Gasteiger partial charge in [-0.25, -0.2) is 0 Å². The smallest absolute Gasteiger partial charge is 0.312 e. The molecule has 0 radical (unpaired) electrons. The van der Waals surface area contributed by atoms with Crippen LogP contribution in [0.1, 0.15) is 20.3 Å². The number of carboxylic acids is 1. The van der Waals surface area contributed by atoms with E-state index in [0.717, 1.165) is 0 Å². The Balaban J connectivity index is 4.32. The molecule has 0 bridgehead atoms. The van der Waals surface area contributed by atoms with Crippen LogP contribution in [-0.2, 0) is 4.79 Å². The molecular weight excluding hydrogens is 146 g/mol. The first kappa shape index (κ1) is 9.78. The van der Waals surface area contributed by atoms with E-state index in [1.165, 1.54) is 0 Å². The summed E-state index contributed by atoms with van der Waals surface area (Å²) in [6.07, 6.45) is 0.690. The maximum absolute atomic E-state index is 10.4. The van der Waals surface area contributed by atoms with Crippen LogP contribution in [-0.4, -0.2) is 17.1 Å². The Bertz CT molecular complexity index is 184. The fourth-order valence-electron chi connectivity index (χ4n) is 0.685. The van der Waals surface area contributed by atoms with E-state index < -0.39 is 12.0 Å². The highest BCUT2D eigenvalue weighted by Crippen LogP contribution is 2.11. The van der Waals surface area contributed by atoms with Crippen LogP contribution in [0.5, 0.6) is 0 Å². The Morgan fingerprint density at radius 2 is 2.36 bits per heavy atom. The number of carboxylic acid groups (broad SMARTS) is 1. The summed E-state index contributed by atoms with van der Waals surface area (Å²) in [6, 6.07) is -0.926. The second-order valence-corrected chi connectivity index (χ2v) is 2.37. The largest absolute Gasteiger partial charge is 0.481 e. The Hall–Kier alpha value is -1.22. The predicted molar refractivity (Wildman–Crippen MR) is 40.0 cm³/mol. The van der Waals surface area contributed by atoms with E-state index in [1.54, 1.807) is 6.92 Å². The molecule has 0 aromatic rings. The highest BCUT2D eigenvalue weighted by Gasteiger charge is 2.21. The lowest BCUT2D eigenvalue weighted by molar-refractivity contribution is -0.139. The van der Waals surface area contributed by atoms with Gasteiger partial charge in [-0.1, -0.05) is 25.4 Å². The van der Waals surface area contributed by atoms with Gasteiger partial charge in [-0.3, -0.25) is 4.79 Å². The van der Waals surface area contributed by atoms with E-state index in [4.69, 9.17) is 10.6 Å². The van der Waals surface area contributed by atoms with Crippen molar-refractivity contribution in [1.82, 2.24) is 0 Å². The molecule has 0 aliphatic carbocycles. The summed E-state index contributed by atoms with van der Waals surface area (Å²) in [4.78, 5) is 12.9. The third-order valence-corrected chi connectivity index (χ3v) is 1.61. The number of rotatable bonds is 4. The molecule has 0 rings (SSSR count). The molecule has 0 saturated heterocycles. The van der Waals surface area contributed by atoms with Crippen molar-refractivity contribution in [3.63, 3.8) is 0 Å². The van der Waals surface area contributed by atoms with Gasteiger partial charge in [0.2, 0.25) is 0 Å². The third-order valence-electron chi connectivity index (χ3n) is 1.61. The zero-order valence-electron chi connectivity index (χ0n) is 6.56. The van der Waals surface area contributed by atoms with Crippen molar-refractivity contribution >= 4 is 5.97 Å². The van der Waals surface area contributed by atoms with Crippen molar-refractivity contribution in [2.75, 3.05) is 0 Å². The molecule has 2 atom stereocenters. The van der Waals surface area contributed by atoms with Crippen LogP contribution in [0.3, 0.4) is 0 Å². The average Bonchev–Trinajstić information content (AvgIpc) is 1.98. The molecule has 0 unspecified atom stereocenters. The highest BCUT2D eigenvalue weighted by atomic mass is 16.4. The molecule has 0 aromatic heterocycles. The van der Waals surface area contributed by atoms with Gasteiger partial charge in [-0.2, -0.15) is 0 Å². The van der Waals surface area contributed by atoms with Crippen LogP contribution in [0, 0.1) is 5.92 Å². The van der Waals surface area contributed by atoms with E-state index >= 15 is 0 Å². The molecule has 5 nitrogen and oxygen atoms in total. The molecule has 0 aliphatic heterocycles. The quantitative estimate of drug-likeness (QED) is 0.383. The minimum atomic E-state index is -1.06. The first-order valence-electron chi connectivity index (χ1n) is 3.40. The van der Waals surface area contributed by atoms with Crippen LogP contribution in [0.4, 0.5) is 0 Å². The van der Waals surface area contributed by atoms with Gasteiger partial charge in [0.05, 0.1) is 0 Å². The minimum Gasteiger partial charge on any atom is -0.481 e. The fourth-order valence-corrected chi connectivity index (χ4v) is 0.685. The monoisotopic (exact) mass is 157 g/mol. The second-order valence-electron chi connectivity index (χ2n) is 2.37. The van der Waals surface area contributed by atoms with E-state index in [0.29, 0.717) is 6.42 Å². The molecule has 0 amide bonds. The SMILES string of the molecule is CC[C@H](C)[C@H](N=[N+]=[N-])C(=O)O. The van der Waals surface area contributed by atoms with E-state index in [-0.39, 0.29) is 5.92 Å². The summed E-state index contributed by atoms with van der Waals surface area (Å²) in [5.41, 5.74) is 8.02. The topological polar surface area (TPSA) is 86.1 Å². The second kappa shape index (κ2) is 4.57. The number of aliphatic carboxylic acids is 1. The molecular formula is C6H11N3O2. The van der Waals surface area contributed by atoms with Crippen molar-refractivity contribution in [3.05, 3.63) is 10.4 Å². The van der Waals surface area contributed by atoms with Gasteiger partial charge >= 0.3 is 5.97 Å². The van der Waals surface area contributed by atoms with Crippen molar-refractivity contribution in [2.45, 2.75) is 26.3 Å². The van der Waals surface area contributed by atoms with Gasteiger partial charge in [-0.05, 0) is 11.4 Å². The van der Waals surface area contributed by atoms with Gasteiger partial charge in [0.25, 0.3) is 0 Å². The molecule has 0 aromatic carbocycles. The van der Waals surface area contributed by atoms with Crippen molar-refractivity contribution in [3.8, 4) is 0 Å². The van der Waals surface area contributed by atoms with Crippen molar-refractivity contribution < 1.29 is 9.90 Å². The standard InChI is InChI=1S/C6H11N3O2/c1-3-4(2)5(6(10)11)8-9-7/h4-5H,3H2,1-2H3,(H,10,11)/t4-,5-/m0/s1. The molecule has 11 heavy (non-hydrogen) atoms. The zero-order valence-corrected chi connectivity index (χ0v) is 6.56. The highest BCUT2D eigenvalue weighted by molar-refractivity contribution is 5.73. The van der Waals surface area contributed by atoms with Crippen molar-refractivity contribution in [1.29, 1.82) is 0 Å². The van der Waals surface area contributed by atoms with Crippen LogP contribution in [0.15, 0.2) is 5.11 Å². The van der Waals surface area contributed by atoms with Gasteiger partial charge in [-0.15, -0.1) is 0 Å². The molecule has 0 fully saturated rings. The maximum Gasteiger partial charge on any atom is 0.312 e. The first-order chi connectivity index (χ1) is 5.13. The molecule has 0 aliphatic rings. The van der Waals surface area contributed by atoms with Crippen LogP contribution < -0.4 is 0 Å². The Labute approximate surface area is 64.7 Å². The molecule has 1 N–H and O–H groups in total. The van der Waals surface area contributed by atoms with E-state index in [9.17, 15) is 4.79 Å². The van der Waals surface area contributed by atoms with E-state index in [2.05, 4.69) is 10.0 Å². The molecule has 62 valence electrons. The van der Waals surface area contributed by atoms with Gasteiger partial charge < -0.3 is 5.11 Å². The summed E-state index contributed by atoms with van der Waals surface area (Å²) in [5.74, 6) is -1.17. The third kappa shape index (κ3) is 2.91. The van der Waals surface area contributed by atoms with Crippen LogP contribution in [0.25, 0.3) is 10.4 Å². The Morgan fingerprint density at radius 1 is 1.82 bits per heavy atom. The summed E-state index contributed by atoms with van der Waals surface area (Å²) in [7, 11) is 0. The lowest BCUT2D eigenvalue weighted by Gasteiger charge is -2.11. The lowest BCUT2D eigenvalue weighted by atomic mass is 10.0. The Morgan fingerprint density at radius 3 is 2.64 bits per heavy atom.